The Bertz CT molecular complexity index is 179. The minimum absolute atomic E-state index is 0.297. The lowest BCUT2D eigenvalue weighted by Gasteiger charge is -2.17. The first-order chi connectivity index (χ1) is 6.74. The largest absolute Gasteiger partial charge is 0.382 e. The molecule has 1 heterocycles. The second-order valence-corrected chi connectivity index (χ2v) is 4.96. The van der Waals surface area contributed by atoms with Crippen LogP contribution in [0.5, 0.6) is 0 Å². The van der Waals surface area contributed by atoms with E-state index in [9.17, 15) is 0 Å². The highest BCUT2D eigenvalue weighted by atomic mass is 32.2. The van der Waals surface area contributed by atoms with Crippen LogP contribution in [0.15, 0.2) is 4.99 Å². The maximum Gasteiger partial charge on any atom is 0.0861 e. The standard InChI is InChI=1S/C10H20N2OS/c1-9(2)10(6-13-3)11-7-12-4-5-14-8-12/h7,9-10H,4-6,8H2,1-3H3/t10-/m0/s1. The summed E-state index contributed by atoms with van der Waals surface area (Å²) in [6.45, 7) is 6.21. The molecular formula is C10H20N2OS. The van der Waals surface area contributed by atoms with Crippen molar-refractivity contribution in [3.8, 4) is 0 Å². The van der Waals surface area contributed by atoms with Crippen molar-refractivity contribution in [2.75, 3.05) is 31.9 Å². The first kappa shape index (κ1) is 11.9. The van der Waals surface area contributed by atoms with Gasteiger partial charge in [-0.15, -0.1) is 11.8 Å². The zero-order chi connectivity index (χ0) is 10.4. The second kappa shape index (κ2) is 6.30. The van der Waals surface area contributed by atoms with E-state index >= 15 is 0 Å². The summed E-state index contributed by atoms with van der Waals surface area (Å²) < 4.78 is 5.14. The van der Waals surface area contributed by atoms with Gasteiger partial charge in [-0.2, -0.15) is 0 Å². The van der Waals surface area contributed by atoms with Crippen LogP contribution in [-0.2, 0) is 4.74 Å². The molecule has 0 aromatic carbocycles. The van der Waals surface area contributed by atoms with Gasteiger partial charge in [0, 0.05) is 19.4 Å². The van der Waals surface area contributed by atoms with Gasteiger partial charge in [0.05, 0.1) is 24.9 Å². The van der Waals surface area contributed by atoms with E-state index in [-0.39, 0.29) is 0 Å². The second-order valence-electron chi connectivity index (χ2n) is 3.88. The maximum atomic E-state index is 5.14. The molecule has 0 N–H and O–H groups in total. The monoisotopic (exact) mass is 216 g/mol. The van der Waals surface area contributed by atoms with Crippen LogP contribution in [0.1, 0.15) is 13.8 Å². The Balaban J connectivity index is 2.36. The molecular weight excluding hydrogens is 196 g/mol. The first-order valence-electron chi connectivity index (χ1n) is 5.08. The third-order valence-corrected chi connectivity index (χ3v) is 3.29. The molecule has 0 radical (unpaired) electrons. The number of aliphatic imine (C=N–C) groups is 1. The summed E-state index contributed by atoms with van der Waals surface area (Å²) in [7, 11) is 1.73. The molecule has 1 aliphatic rings. The number of methoxy groups -OCH3 is 1. The van der Waals surface area contributed by atoms with Crippen LogP contribution in [0.2, 0.25) is 0 Å². The molecule has 0 aromatic heterocycles. The van der Waals surface area contributed by atoms with Crippen molar-refractivity contribution >= 4 is 18.1 Å². The van der Waals surface area contributed by atoms with Crippen LogP contribution in [-0.4, -0.2) is 49.2 Å². The lowest BCUT2D eigenvalue weighted by atomic mass is 10.1. The first-order valence-corrected chi connectivity index (χ1v) is 6.23. The van der Waals surface area contributed by atoms with Gasteiger partial charge in [0.1, 0.15) is 0 Å². The average molecular weight is 216 g/mol. The van der Waals surface area contributed by atoms with E-state index in [2.05, 4.69) is 23.7 Å². The fourth-order valence-electron chi connectivity index (χ4n) is 1.28. The maximum absolute atomic E-state index is 5.14. The van der Waals surface area contributed by atoms with Crippen molar-refractivity contribution in [2.24, 2.45) is 10.9 Å². The highest BCUT2D eigenvalue weighted by Crippen LogP contribution is 2.12. The molecule has 1 rings (SSSR count). The van der Waals surface area contributed by atoms with Crippen LogP contribution in [0.3, 0.4) is 0 Å². The Morgan fingerprint density at radius 1 is 1.57 bits per heavy atom. The normalized spacial score (nSPS) is 19.9. The van der Waals surface area contributed by atoms with Crippen LogP contribution >= 0.6 is 11.8 Å². The molecule has 0 bridgehead atoms. The van der Waals surface area contributed by atoms with Crippen molar-refractivity contribution < 1.29 is 4.74 Å². The molecule has 0 amide bonds. The predicted molar refractivity (Wildman–Crippen MR) is 63.0 cm³/mol. The Morgan fingerprint density at radius 2 is 2.36 bits per heavy atom. The lowest BCUT2D eigenvalue weighted by molar-refractivity contribution is 0.165. The van der Waals surface area contributed by atoms with Crippen molar-refractivity contribution in [3.63, 3.8) is 0 Å². The van der Waals surface area contributed by atoms with E-state index in [0.29, 0.717) is 12.0 Å². The molecule has 4 heteroatoms. The number of ether oxygens (including phenoxy) is 1. The molecule has 82 valence electrons. The summed E-state index contributed by atoms with van der Waals surface area (Å²) in [6, 6.07) is 0.297. The summed E-state index contributed by atoms with van der Waals surface area (Å²) >= 11 is 1.96. The van der Waals surface area contributed by atoms with Gasteiger partial charge in [0.15, 0.2) is 0 Å². The number of hydrogen-bond donors (Lipinski definition) is 0. The molecule has 1 atom stereocenters. The SMILES string of the molecule is COC[C@H](N=CN1CCSC1)C(C)C. The molecule has 0 aromatic rings. The summed E-state index contributed by atoms with van der Waals surface area (Å²) in [6.07, 6.45) is 1.99. The fraction of sp³-hybridized carbons (Fsp3) is 0.900. The molecule has 0 saturated carbocycles. The molecule has 1 fully saturated rings. The molecule has 0 aliphatic carbocycles. The van der Waals surface area contributed by atoms with Crippen molar-refractivity contribution in [2.45, 2.75) is 19.9 Å². The van der Waals surface area contributed by atoms with Gasteiger partial charge in [-0.1, -0.05) is 13.8 Å². The van der Waals surface area contributed by atoms with Crippen molar-refractivity contribution in [1.29, 1.82) is 0 Å². The minimum atomic E-state index is 0.297. The van der Waals surface area contributed by atoms with Gasteiger partial charge in [-0.3, -0.25) is 4.99 Å². The van der Waals surface area contributed by atoms with Crippen molar-refractivity contribution in [1.82, 2.24) is 4.90 Å². The average Bonchev–Trinajstić information content (AvgIpc) is 2.64. The van der Waals surface area contributed by atoms with Crippen LogP contribution in [0, 0.1) is 5.92 Å². The van der Waals surface area contributed by atoms with Gasteiger partial charge in [0.2, 0.25) is 0 Å². The van der Waals surface area contributed by atoms with Crippen LogP contribution in [0.25, 0.3) is 0 Å². The smallest absolute Gasteiger partial charge is 0.0861 e. The number of thioether (sulfide) groups is 1. The predicted octanol–water partition coefficient (Wildman–Crippen LogP) is 1.69. The quantitative estimate of drug-likeness (QED) is 0.516. The van der Waals surface area contributed by atoms with E-state index in [1.165, 1.54) is 5.75 Å². The van der Waals surface area contributed by atoms with Gasteiger partial charge >= 0.3 is 0 Å². The molecule has 0 spiro atoms. The number of hydrogen-bond acceptors (Lipinski definition) is 3. The Kier molecular flexibility index (Phi) is 5.33. The summed E-state index contributed by atoms with van der Waals surface area (Å²) in [5.74, 6) is 2.85. The van der Waals surface area contributed by atoms with E-state index < -0.39 is 0 Å². The zero-order valence-corrected chi connectivity index (χ0v) is 10.1. The lowest BCUT2D eigenvalue weighted by Crippen LogP contribution is -2.23. The Labute approximate surface area is 90.9 Å². The topological polar surface area (TPSA) is 24.8 Å². The minimum Gasteiger partial charge on any atom is -0.382 e. The van der Waals surface area contributed by atoms with Crippen LogP contribution in [0.4, 0.5) is 0 Å². The Hall–Kier alpha value is -0.220. The van der Waals surface area contributed by atoms with Gasteiger partial charge in [-0.05, 0) is 5.92 Å². The van der Waals surface area contributed by atoms with Crippen molar-refractivity contribution in [3.05, 3.63) is 0 Å². The summed E-state index contributed by atoms with van der Waals surface area (Å²) in [5.41, 5.74) is 0. The van der Waals surface area contributed by atoms with Gasteiger partial charge in [0.25, 0.3) is 0 Å². The van der Waals surface area contributed by atoms with Gasteiger partial charge < -0.3 is 9.64 Å². The molecule has 0 unspecified atom stereocenters. The van der Waals surface area contributed by atoms with E-state index in [4.69, 9.17) is 4.74 Å². The van der Waals surface area contributed by atoms with Gasteiger partial charge in [-0.25, -0.2) is 0 Å². The third kappa shape index (κ3) is 3.88. The summed E-state index contributed by atoms with van der Waals surface area (Å²) in [4.78, 5) is 6.82. The molecule has 3 nitrogen and oxygen atoms in total. The number of nitrogens with zero attached hydrogens (tertiary/aromatic N) is 2. The third-order valence-electron chi connectivity index (χ3n) is 2.31. The summed E-state index contributed by atoms with van der Waals surface area (Å²) in [5, 5.41) is 0. The highest BCUT2D eigenvalue weighted by molar-refractivity contribution is 7.99. The van der Waals surface area contributed by atoms with E-state index in [0.717, 1.165) is 19.0 Å². The molecule has 1 aliphatic heterocycles. The zero-order valence-electron chi connectivity index (χ0n) is 9.27. The van der Waals surface area contributed by atoms with E-state index in [1.807, 2.05) is 18.1 Å². The fourth-order valence-corrected chi connectivity index (χ4v) is 2.20. The van der Waals surface area contributed by atoms with E-state index in [1.54, 1.807) is 7.11 Å². The number of rotatable bonds is 5. The Morgan fingerprint density at radius 3 is 2.86 bits per heavy atom. The van der Waals surface area contributed by atoms with Crippen LogP contribution < -0.4 is 0 Å². The molecule has 1 saturated heterocycles. The molecule has 14 heavy (non-hydrogen) atoms. The highest BCUT2D eigenvalue weighted by Gasteiger charge is 2.12.